The summed E-state index contributed by atoms with van der Waals surface area (Å²) in [5.74, 6) is 4.81. The van der Waals surface area contributed by atoms with Crippen LogP contribution in [0, 0.1) is 17.7 Å². The van der Waals surface area contributed by atoms with Crippen LogP contribution in [0.4, 0.5) is 4.39 Å². The van der Waals surface area contributed by atoms with Crippen molar-refractivity contribution >= 4 is 0 Å². The average Bonchev–Trinajstić information content (AvgIpc) is 2.34. The van der Waals surface area contributed by atoms with Gasteiger partial charge in [-0.3, -0.25) is 0 Å². The van der Waals surface area contributed by atoms with Gasteiger partial charge in [0, 0.05) is 5.56 Å². The fourth-order valence-corrected chi connectivity index (χ4v) is 1.54. The number of halogens is 1. The molecule has 0 atom stereocenters. The topological polar surface area (TPSA) is 38.7 Å². The molecule has 20 heavy (non-hydrogen) atoms. The fourth-order valence-electron chi connectivity index (χ4n) is 1.54. The Labute approximate surface area is 119 Å². The standard InChI is InChI=1S/C16H21FO3/c1-16(2,3)20-8-7-19-12-14-9-13(5-4-6-18)10-15(17)11-14/h9-11,18H,6-8,12H2,1-3H3. The Hall–Kier alpha value is -1.41. The molecule has 0 radical (unpaired) electrons. The molecule has 0 fully saturated rings. The van der Waals surface area contributed by atoms with Crippen molar-refractivity contribution in [3.8, 4) is 11.8 Å². The smallest absolute Gasteiger partial charge is 0.124 e. The molecular weight excluding hydrogens is 259 g/mol. The van der Waals surface area contributed by atoms with Crippen LogP contribution in [-0.2, 0) is 16.1 Å². The number of aliphatic hydroxyl groups excluding tert-OH is 1. The Morgan fingerprint density at radius 3 is 2.60 bits per heavy atom. The van der Waals surface area contributed by atoms with E-state index in [0.29, 0.717) is 30.9 Å². The van der Waals surface area contributed by atoms with Crippen molar-refractivity contribution in [2.75, 3.05) is 19.8 Å². The third-order valence-electron chi connectivity index (χ3n) is 2.30. The Kier molecular flexibility index (Phi) is 6.66. The van der Waals surface area contributed by atoms with E-state index >= 15 is 0 Å². The lowest BCUT2D eigenvalue weighted by molar-refractivity contribution is -0.0377. The second-order valence-corrected chi connectivity index (χ2v) is 5.32. The summed E-state index contributed by atoms with van der Waals surface area (Å²) in [5, 5.41) is 8.63. The highest BCUT2D eigenvalue weighted by Gasteiger charge is 2.09. The molecule has 1 aromatic carbocycles. The highest BCUT2D eigenvalue weighted by atomic mass is 19.1. The summed E-state index contributed by atoms with van der Waals surface area (Å²) in [7, 11) is 0. The maximum Gasteiger partial charge on any atom is 0.124 e. The van der Waals surface area contributed by atoms with Crippen molar-refractivity contribution in [3.05, 3.63) is 35.1 Å². The molecule has 4 heteroatoms. The largest absolute Gasteiger partial charge is 0.384 e. The quantitative estimate of drug-likeness (QED) is 0.665. The molecular formula is C16H21FO3. The summed E-state index contributed by atoms with van der Waals surface area (Å²) < 4.78 is 24.3. The van der Waals surface area contributed by atoms with Crippen LogP contribution in [0.15, 0.2) is 18.2 Å². The van der Waals surface area contributed by atoms with Crippen LogP contribution in [0.3, 0.4) is 0 Å². The number of rotatable bonds is 5. The summed E-state index contributed by atoms with van der Waals surface area (Å²) in [5.41, 5.74) is 1.06. The maximum absolute atomic E-state index is 13.4. The number of hydrogen-bond acceptors (Lipinski definition) is 3. The lowest BCUT2D eigenvalue weighted by Gasteiger charge is -2.19. The van der Waals surface area contributed by atoms with Gasteiger partial charge >= 0.3 is 0 Å². The Balaban J connectivity index is 2.46. The van der Waals surface area contributed by atoms with Gasteiger partial charge in [0.2, 0.25) is 0 Å². The molecule has 0 heterocycles. The number of ether oxygens (including phenoxy) is 2. The molecule has 110 valence electrons. The maximum atomic E-state index is 13.4. The SMILES string of the molecule is CC(C)(C)OCCOCc1cc(F)cc(C#CCO)c1. The molecule has 3 nitrogen and oxygen atoms in total. The lowest BCUT2D eigenvalue weighted by Crippen LogP contribution is -2.21. The van der Waals surface area contributed by atoms with Crippen LogP contribution in [0.25, 0.3) is 0 Å². The van der Waals surface area contributed by atoms with E-state index in [4.69, 9.17) is 14.6 Å². The molecule has 0 amide bonds. The summed E-state index contributed by atoms with van der Waals surface area (Å²) in [6.07, 6.45) is 0. The Morgan fingerprint density at radius 2 is 1.95 bits per heavy atom. The third kappa shape index (κ3) is 7.25. The van der Waals surface area contributed by atoms with Gasteiger partial charge < -0.3 is 14.6 Å². The molecule has 1 N–H and O–H groups in total. The van der Waals surface area contributed by atoms with E-state index in [9.17, 15) is 4.39 Å². The van der Waals surface area contributed by atoms with E-state index < -0.39 is 0 Å². The highest BCUT2D eigenvalue weighted by molar-refractivity contribution is 5.37. The van der Waals surface area contributed by atoms with E-state index in [0.717, 1.165) is 0 Å². The van der Waals surface area contributed by atoms with Gasteiger partial charge in [-0.2, -0.15) is 0 Å². The minimum atomic E-state index is -0.362. The molecule has 1 rings (SSSR count). The van der Waals surface area contributed by atoms with Crippen molar-refractivity contribution in [1.82, 2.24) is 0 Å². The number of aliphatic hydroxyl groups is 1. The normalized spacial score (nSPS) is 11.1. The number of benzene rings is 1. The van der Waals surface area contributed by atoms with Gasteiger partial charge in [0.25, 0.3) is 0 Å². The zero-order valence-corrected chi connectivity index (χ0v) is 12.2. The minimum absolute atomic E-state index is 0.185. The summed E-state index contributed by atoms with van der Waals surface area (Å²) in [6.45, 7) is 6.94. The van der Waals surface area contributed by atoms with E-state index in [1.807, 2.05) is 20.8 Å². The Morgan fingerprint density at radius 1 is 1.20 bits per heavy atom. The predicted octanol–water partition coefficient (Wildman–Crippen LogP) is 2.50. The monoisotopic (exact) mass is 280 g/mol. The molecule has 0 aromatic heterocycles. The number of hydrogen-bond donors (Lipinski definition) is 1. The molecule has 0 aliphatic carbocycles. The highest BCUT2D eigenvalue weighted by Crippen LogP contribution is 2.10. The second-order valence-electron chi connectivity index (χ2n) is 5.32. The fraction of sp³-hybridized carbons (Fsp3) is 0.500. The van der Waals surface area contributed by atoms with Crippen LogP contribution in [-0.4, -0.2) is 30.5 Å². The zero-order valence-electron chi connectivity index (χ0n) is 12.2. The predicted molar refractivity (Wildman–Crippen MR) is 75.7 cm³/mol. The second kappa shape index (κ2) is 8.01. The van der Waals surface area contributed by atoms with Crippen molar-refractivity contribution in [2.24, 2.45) is 0 Å². The summed E-state index contributed by atoms with van der Waals surface area (Å²) in [6, 6.07) is 4.49. The zero-order chi connectivity index (χ0) is 15.0. The van der Waals surface area contributed by atoms with E-state index in [1.165, 1.54) is 12.1 Å². The first-order chi connectivity index (χ1) is 9.40. The molecule has 0 aliphatic rings. The molecule has 0 spiro atoms. The van der Waals surface area contributed by atoms with Gasteiger partial charge in [-0.1, -0.05) is 11.8 Å². The molecule has 0 saturated carbocycles. The first kappa shape index (κ1) is 16.6. The van der Waals surface area contributed by atoms with Gasteiger partial charge in [0.05, 0.1) is 25.4 Å². The van der Waals surface area contributed by atoms with Crippen molar-refractivity contribution in [1.29, 1.82) is 0 Å². The van der Waals surface area contributed by atoms with Gasteiger partial charge in [-0.05, 0) is 44.5 Å². The van der Waals surface area contributed by atoms with Gasteiger partial charge in [0.1, 0.15) is 12.4 Å². The molecule has 0 unspecified atom stereocenters. The average molecular weight is 280 g/mol. The molecule has 0 bridgehead atoms. The van der Waals surface area contributed by atoms with E-state index in [1.54, 1.807) is 6.07 Å². The van der Waals surface area contributed by atoms with E-state index in [-0.39, 0.29) is 18.0 Å². The third-order valence-corrected chi connectivity index (χ3v) is 2.30. The Bertz CT molecular complexity index is 481. The lowest BCUT2D eigenvalue weighted by atomic mass is 10.1. The van der Waals surface area contributed by atoms with Gasteiger partial charge in [-0.15, -0.1) is 0 Å². The van der Waals surface area contributed by atoms with E-state index in [2.05, 4.69) is 11.8 Å². The first-order valence-electron chi connectivity index (χ1n) is 6.51. The van der Waals surface area contributed by atoms with Crippen LogP contribution in [0.1, 0.15) is 31.9 Å². The van der Waals surface area contributed by atoms with Crippen molar-refractivity contribution in [3.63, 3.8) is 0 Å². The summed E-state index contributed by atoms with van der Waals surface area (Å²) >= 11 is 0. The first-order valence-corrected chi connectivity index (χ1v) is 6.51. The van der Waals surface area contributed by atoms with Crippen LogP contribution in [0.5, 0.6) is 0 Å². The van der Waals surface area contributed by atoms with Crippen LogP contribution in [0.2, 0.25) is 0 Å². The van der Waals surface area contributed by atoms with Crippen molar-refractivity contribution in [2.45, 2.75) is 33.0 Å². The molecule has 1 aromatic rings. The van der Waals surface area contributed by atoms with Gasteiger partial charge in [0.15, 0.2) is 0 Å². The molecule has 0 saturated heterocycles. The van der Waals surface area contributed by atoms with Gasteiger partial charge in [-0.25, -0.2) is 4.39 Å². The minimum Gasteiger partial charge on any atom is -0.384 e. The van der Waals surface area contributed by atoms with Crippen LogP contribution >= 0.6 is 0 Å². The van der Waals surface area contributed by atoms with Crippen molar-refractivity contribution < 1.29 is 19.0 Å². The molecule has 0 aliphatic heterocycles. The van der Waals surface area contributed by atoms with Crippen LogP contribution < -0.4 is 0 Å². The summed E-state index contributed by atoms with van der Waals surface area (Å²) in [4.78, 5) is 0.